The SMILES string of the molecule is O=S(=O)(N[C@H](CO)C(C(F)(F)F)C(F)(F)F)c1cccs1. The van der Waals surface area contributed by atoms with E-state index in [1.54, 1.807) is 0 Å². The van der Waals surface area contributed by atoms with Gasteiger partial charge in [0.25, 0.3) is 0 Å². The maximum absolute atomic E-state index is 12.5. The first-order valence-corrected chi connectivity index (χ1v) is 7.56. The summed E-state index contributed by atoms with van der Waals surface area (Å²) in [6.07, 6.45) is -11.5. The van der Waals surface area contributed by atoms with Crippen molar-refractivity contribution in [3.63, 3.8) is 0 Å². The van der Waals surface area contributed by atoms with Gasteiger partial charge in [0, 0.05) is 0 Å². The molecule has 2 N–H and O–H groups in total. The summed E-state index contributed by atoms with van der Waals surface area (Å²) in [6, 6.07) is -0.493. The number of thiophene rings is 1. The molecule has 1 atom stereocenters. The van der Waals surface area contributed by atoms with Crippen LogP contribution in [0.15, 0.2) is 21.7 Å². The Balaban J connectivity index is 3.12. The minimum absolute atomic E-state index is 0.455. The number of hydrogen-bond acceptors (Lipinski definition) is 4. The van der Waals surface area contributed by atoms with Crippen LogP contribution in [0, 0.1) is 5.92 Å². The molecule has 1 aromatic heterocycles. The summed E-state index contributed by atoms with van der Waals surface area (Å²) in [7, 11) is -4.59. The molecule has 0 amide bonds. The van der Waals surface area contributed by atoms with E-state index in [-0.39, 0.29) is 0 Å². The number of alkyl halides is 6. The second kappa shape index (κ2) is 6.10. The summed E-state index contributed by atoms with van der Waals surface area (Å²) < 4.78 is 99.2. The third-order valence-electron chi connectivity index (χ3n) is 2.37. The van der Waals surface area contributed by atoms with Crippen LogP contribution in [0.1, 0.15) is 0 Å². The molecule has 0 radical (unpaired) electrons. The van der Waals surface area contributed by atoms with Gasteiger partial charge >= 0.3 is 12.4 Å². The molecule has 0 saturated carbocycles. The number of halogens is 6. The van der Waals surface area contributed by atoms with E-state index in [2.05, 4.69) is 0 Å². The van der Waals surface area contributed by atoms with Gasteiger partial charge in [-0.3, -0.25) is 0 Å². The minimum atomic E-state index is -5.76. The molecule has 0 aliphatic rings. The molecular formula is C9H9F6NO3S2. The lowest BCUT2D eigenvalue weighted by Gasteiger charge is -2.29. The monoisotopic (exact) mass is 357 g/mol. The van der Waals surface area contributed by atoms with Gasteiger partial charge in [0.15, 0.2) is 5.92 Å². The first-order chi connectivity index (χ1) is 9.39. The summed E-state index contributed by atoms with van der Waals surface area (Å²) in [5.41, 5.74) is 0. The van der Waals surface area contributed by atoms with Gasteiger partial charge in [-0.05, 0) is 11.4 Å². The molecule has 1 heterocycles. The Morgan fingerprint density at radius 1 is 1.19 bits per heavy atom. The van der Waals surface area contributed by atoms with E-state index < -0.39 is 45.2 Å². The first-order valence-electron chi connectivity index (χ1n) is 5.19. The Labute approximate surface area is 119 Å². The largest absolute Gasteiger partial charge is 0.402 e. The van der Waals surface area contributed by atoms with Gasteiger partial charge in [-0.25, -0.2) is 13.1 Å². The second-order valence-electron chi connectivity index (χ2n) is 3.90. The molecule has 0 saturated heterocycles. The smallest absolute Gasteiger partial charge is 0.395 e. The molecule has 0 bridgehead atoms. The van der Waals surface area contributed by atoms with Crippen molar-refractivity contribution in [1.29, 1.82) is 0 Å². The van der Waals surface area contributed by atoms with Crippen LogP contribution in [-0.4, -0.2) is 38.5 Å². The fraction of sp³-hybridized carbons (Fsp3) is 0.556. The van der Waals surface area contributed by atoms with Crippen molar-refractivity contribution in [2.24, 2.45) is 5.92 Å². The molecule has 0 aliphatic carbocycles. The third kappa shape index (κ3) is 4.56. The van der Waals surface area contributed by atoms with Crippen molar-refractivity contribution in [3.8, 4) is 0 Å². The Bertz CT molecular complexity index is 537. The molecule has 0 aliphatic heterocycles. The molecule has 21 heavy (non-hydrogen) atoms. The van der Waals surface area contributed by atoms with E-state index in [0.29, 0.717) is 11.3 Å². The van der Waals surface area contributed by atoms with Crippen molar-refractivity contribution in [1.82, 2.24) is 4.72 Å². The standard InChI is InChI=1S/C9H9F6NO3S2/c10-8(11,12)7(9(13,14)15)5(4-17)16-21(18,19)6-2-1-3-20-6/h1-3,5,7,16-17H,4H2/t5-/m1/s1. The van der Waals surface area contributed by atoms with Crippen LogP contribution in [0.5, 0.6) is 0 Å². The molecule has 1 aromatic rings. The van der Waals surface area contributed by atoms with Crippen LogP contribution in [-0.2, 0) is 10.0 Å². The predicted molar refractivity (Wildman–Crippen MR) is 61.1 cm³/mol. The normalized spacial score (nSPS) is 15.4. The van der Waals surface area contributed by atoms with Crippen LogP contribution < -0.4 is 4.72 Å². The van der Waals surface area contributed by atoms with E-state index in [0.717, 1.165) is 6.07 Å². The molecule has 1 rings (SSSR count). The highest BCUT2D eigenvalue weighted by Crippen LogP contribution is 2.41. The topological polar surface area (TPSA) is 66.4 Å². The number of nitrogens with one attached hydrogen (secondary N) is 1. The molecule has 0 aromatic carbocycles. The lowest BCUT2D eigenvalue weighted by atomic mass is 10.00. The third-order valence-corrected chi connectivity index (χ3v) is 5.26. The minimum Gasteiger partial charge on any atom is -0.395 e. The van der Waals surface area contributed by atoms with Crippen LogP contribution in [0.4, 0.5) is 26.3 Å². The van der Waals surface area contributed by atoms with Crippen molar-refractivity contribution in [2.75, 3.05) is 6.61 Å². The van der Waals surface area contributed by atoms with E-state index in [9.17, 15) is 34.8 Å². The maximum atomic E-state index is 12.5. The number of rotatable bonds is 5. The van der Waals surface area contributed by atoms with Gasteiger partial charge in [0.1, 0.15) is 4.21 Å². The van der Waals surface area contributed by atoms with Gasteiger partial charge in [-0.1, -0.05) is 6.07 Å². The van der Waals surface area contributed by atoms with E-state index in [1.807, 2.05) is 0 Å². The first kappa shape index (κ1) is 18.2. The van der Waals surface area contributed by atoms with E-state index in [4.69, 9.17) is 5.11 Å². The summed E-state index contributed by atoms with van der Waals surface area (Å²) >= 11 is 0.614. The number of sulfonamides is 1. The number of hydrogen-bond donors (Lipinski definition) is 2. The number of aliphatic hydroxyl groups is 1. The summed E-state index contributed by atoms with van der Waals surface area (Å²) in [6.45, 7) is -1.66. The zero-order chi connectivity index (χ0) is 16.5. The zero-order valence-electron chi connectivity index (χ0n) is 9.94. The van der Waals surface area contributed by atoms with Crippen LogP contribution in [0.2, 0.25) is 0 Å². The summed E-state index contributed by atoms with van der Waals surface area (Å²) in [5, 5.41) is 10.0. The highest BCUT2D eigenvalue weighted by Gasteiger charge is 2.60. The molecule has 4 nitrogen and oxygen atoms in total. The molecule has 122 valence electrons. The average Bonchev–Trinajstić information content (AvgIpc) is 2.77. The van der Waals surface area contributed by atoms with Gasteiger partial charge < -0.3 is 5.11 Å². The van der Waals surface area contributed by atoms with Crippen molar-refractivity contribution in [3.05, 3.63) is 17.5 Å². The highest BCUT2D eigenvalue weighted by molar-refractivity contribution is 7.91. The molecular weight excluding hydrogens is 348 g/mol. The van der Waals surface area contributed by atoms with E-state index in [1.165, 1.54) is 16.2 Å². The maximum Gasteiger partial charge on any atom is 0.402 e. The zero-order valence-corrected chi connectivity index (χ0v) is 11.6. The fourth-order valence-electron chi connectivity index (χ4n) is 1.53. The Kier molecular flexibility index (Phi) is 5.29. The van der Waals surface area contributed by atoms with E-state index >= 15 is 0 Å². The average molecular weight is 357 g/mol. The van der Waals surface area contributed by atoms with Gasteiger partial charge in [-0.15, -0.1) is 11.3 Å². The van der Waals surface area contributed by atoms with Gasteiger partial charge in [0.2, 0.25) is 10.0 Å². The van der Waals surface area contributed by atoms with Gasteiger partial charge in [-0.2, -0.15) is 26.3 Å². The Hall–Kier alpha value is -0.850. The Morgan fingerprint density at radius 2 is 1.71 bits per heavy atom. The molecule has 0 fully saturated rings. The van der Waals surface area contributed by atoms with Crippen molar-refractivity contribution in [2.45, 2.75) is 22.6 Å². The van der Waals surface area contributed by atoms with Crippen molar-refractivity contribution < 1.29 is 39.9 Å². The van der Waals surface area contributed by atoms with Crippen LogP contribution in [0.3, 0.4) is 0 Å². The number of aliphatic hydroxyl groups excluding tert-OH is 1. The highest BCUT2D eigenvalue weighted by atomic mass is 32.2. The molecule has 0 spiro atoms. The fourth-order valence-corrected chi connectivity index (χ4v) is 3.78. The summed E-state index contributed by atoms with van der Waals surface area (Å²) in [4.78, 5) is 0. The second-order valence-corrected chi connectivity index (χ2v) is 6.79. The Morgan fingerprint density at radius 3 is 2.05 bits per heavy atom. The van der Waals surface area contributed by atoms with Gasteiger partial charge in [0.05, 0.1) is 12.6 Å². The van der Waals surface area contributed by atoms with Crippen LogP contribution in [0.25, 0.3) is 0 Å². The quantitative estimate of drug-likeness (QED) is 0.794. The van der Waals surface area contributed by atoms with Crippen LogP contribution >= 0.6 is 11.3 Å². The molecule has 12 heteroatoms. The lowest BCUT2D eigenvalue weighted by Crippen LogP contribution is -2.54. The summed E-state index contributed by atoms with van der Waals surface area (Å²) in [5.74, 6) is -4.01. The lowest BCUT2D eigenvalue weighted by molar-refractivity contribution is -0.292. The van der Waals surface area contributed by atoms with Crippen molar-refractivity contribution >= 4 is 21.4 Å². The predicted octanol–water partition coefficient (Wildman–Crippen LogP) is 2.13. The molecule has 0 unspecified atom stereocenters.